The van der Waals surface area contributed by atoms with E-state index in [2.05, 4.69) is 5.32 Å². The molecule has 0 spiro atoms. The molecular formula is C14H23FN3O7P. The van der Waals surface area contributed by atoms with Crippen LogP contribution in [0.1, 0.15) is 20.8 Å². The first-order valence-electron chi connectivity index (χ1n) is 8.12. The van der Waals surface area contributed by atoms with Crippen LogP contribution in [0.5, 0.6) is 0 Å². The van der Waals surface area contributed by atoms with Crippen molar-refractivity contribution in [1.29, 1.82) is 0 Å². The van der Waals surface area contributed by atoms with E-state index >= 15 is 0 Å². The summed E-state index contributed by atoms with van der Waals surface area (Å²) < 4.78 is 48.1. The number of nitrogens with zero attached hydrogens (tertiary/aromatic N) is 1. The van der Waals surface area contributed by atoms with E-state index in [1.807, 2.05) is 0 Å². The number of halogens is 1. The Labute approximate surface area is 150 Å². The number of phosphoric acid groups is 1. The lowest BCUT2D eigenvalue weighted by Crippen LogP contribution is -2.63. The Morgan fingerprint density at radius 2 is 2.31 bits per heavy atom. The molecule has 2 saturated heterocycles. The Morgan fingerprint density at radius 3 is 2.88 bits per heavy atom. The molecule has 0 bridgehead atoms. The number of hydrogen-bond donors (Lipinski definition) is 3. The van der Waals surface area contributed by atoms with Crippen LogP contribution in [0.15, 0.2) is 12.3 Å². The first kappa shape index (κ1) is 19.7. The fourth-order valence-corrected chi connectivity index (χ4v) is 5.01. The van der Waals surface area contributed by atoms with Gasteiger partial charge in [0.25, 0.3) is 0 Å². The molecule has 0 aromatic rings. The summed E-state index contributed by atoms with van der Waals surface area (Å²) in [5, 5.41) is 13.5. The quantitative estimate of drug-likeness (QED) is 0.560. The zero-order chi connectivity index (χ0) is 19.3. The normalized spacial score (nSPS) is 45.7. The number of carbonyl (C=O) groups is 1. The predicted octanol–water partition coefficient (Wildman–Crippen LogP) is -0.0617. The SMILES string of the molecule is CC(C)OP1(=O)OC[C@@]2(CF)O[C@@H](N3C=CC(=O)NC3N)[C@](C)(O)[C@@H]2O1. The number of rotatable bonds is 4. The number of hydrogen-bond acceptors (Lipinski definition) is 9. The van der Waals surface area contributed by atoms with Crippen molar-refractivity contribution in [1.82, 2.24) is 10.2 Å². The average Bonchev–Trinajstić information content (AvgIpc) is 2.75. The third kappa shape index (κ3) is 3.18. The second kappa shape index (κ2) is 6.52. The molecule has 3 heterocycles. The lowest BCUT2D eigenvalue weighted by molar-refractivity contribution is -0.171. The summed E-state index contributed by atoms with van der Waals surface area (Å²) in [7, 11) is -4.01. The first-order chi connectivity index (χ1) is 12.0. The number of carbonyl (C=O) groups excluding carboxylic acids is 1. The number of ether oxygens (including phenoxy) is 1. The summed E-state index contributed by atoms with van der Waals surface area (Å²) in [6, 6.07) is 0. The molecule has 2 unspecified atom stereocenters. The fraction of sp³-hybridized carbons (Fsp3) is 0.786. The van der Waals surface area contributed by atoms with Crippen LogP contribution in [-0.2, 0) is 27.7 Å². The molecule has 26 heavy (non-hydrogen) atoms. The molecule has 0 radical (unpaired) electrons. The van der Waals surface area contributed by atoms with E-state index in [0.717, 1.165) is 0 Å². The molecule has 3 aliphatic heterocycles. The number of nitrogens with one attached hydrogen (secondary N) is 1. The van der Waals surface area contributed by atoms with Gasteiger partial charge in [0.05, 0.1) is 12.7 Å². The fourth-order valence-electron chi connectivity index (χ4n) is 3.28. The number of nitrogens with two attached hydrogens (primary N) is 1. The van der Waals surface area contributed by atoms with Gasteiger partial charge in [-0.3, -0.25) is 24.1 Å². The Kier molecular flexibility index (Phi) is 4.94. The van der Waals surface area contributed by atoms with Crippen molar-refractivity contribution in [3.05, 3.63) is 12.3 Å². The van der Waals surface area contributed by atoms with Crippen molar-refractivity contribution in [2.75, 3.05) is 13.3 Å². The largest absolute Gasteiger partial charge is 0.475 e. The number of phosphoric ester groups is 1. The first-order valence-corrected chi connectivity index (χ1v) is 9.58. The van der Waals surface area contributed by atoms with Gasteiger partial charge in [0, 0.05) is 12.3 Å². The van der Waals surface area contributed by atoms with E-state index in [-0.39, 0.29) is 0 Å². The smallest absolute Gasteiger partial charge is 0.383 e. The van der Waals surface area contributed by atoms with Gasteiger partial charge in [0.2, 0.25) is 5.91 Å². The maximum atomic E-state index is 13.9. The Morgan fingerprint density at radius 1 is 1.62 bits per heavy atom. The highest BCUT2D eigenvalue weighted by Gasteiger charge is 2.69. The Balaban J connectivity index is 1.92. The van der Waals surface area contributed by atoms with E-state index in [1.54, 1.807) is 13.8 Å². The van der Waals surface area contributed by atoms with E-state index in [0.29, 0.717) is 0 Å². The molecule has 3 rings (SSSR count). The zero-order valence-corrected chi connectivity index (χ0v) is 15.5. The van der Waals surface area contributed by atoms with Gasteiger partial charge in [0.15, 0.2) is 18.1 Å². The molecule has 0 aliphatic carbocycles. The summed E-state index contributed by atoms with van der Waals surface area (Å²) in [5.74, 6) is -0.418. The van der Waals surface area contributed by atoms with Crippen LogP contribution < -0.4 is 11.1 Å². The van der Waals surface area contributed by atoms with Crippen LogP contribution in [0.3, 0.4) is 0 Å². The minimum atomic E-state index is -4.01. The van der Waals surface area contributed by atoms with Gasteiger partial charge < -0.3 is 20.1 Å². The highest BCUT2D eigenvalue weighted by molar-refractivity contribution is 7.48. The standard InChI is InChI=1S/C14H23FN3O7P/c1-8(2)24-26(21)22-7-14(6-15)10(25-26)13(3,20)11(23-14)18-5-4-9(19)17-12(18)16/h4-5,8,10-12,20H,6-7,16H2,1-3H3,(H,17,19)/t10-,11+,12?,13+,14+,26?/m0/s1. The monoisotopic (exact) mass is 395 g/mol. The van der Waals surface area contributed by atoms with Crippen molar-refractivity contribution in [2.45, 2.75) is 56.7 Å². The van der Waals surface area contributed by atoms with Crippen LogP contribution in [0.4, 0.5) is 4.39 Å². The van der Waals surface area contributed by atoms with Crippen molar-refractivity contribution in [3.8, 4) is 0 Å². The van der Waals surface area contributed by atoms with Gasteiger partial charge in [-0.05, 0) is 20.8 Å². The second-order valence-electron chi connectivity index (χ2n) is 6.97. The summed E-state index contributed by atoms with van der Waals surface area (Å²) in [5.41, 5.74) is 2.34. The number of aliphatic hydroxyl groups is 1. The zero-order valence-electron chi connectivity index (χ0n) is 14.6. The molecule has 3 aliphatic rings. The molecule has 148 valence electrons. The topological polar surface area (TPSA) is 133 Å². The van der Waals surface area contributed by atoms with Crippen LogP contribution in [0.25, 0.3) is 0 Å². The van der Waals surface area contributed by atoms with Gasteiger partial charge in [0.1, 0.15) is 18.4 Å². The van der Waals surface area contributed by atoms with Crippen LogP contribution in [0.2, 0.25) is 0 Å². The molecule has 1 amide bonds. The molecule has 10 nitrogen and oxygen atoms in total. The Hall–Kier alpha value is -1.07. The molecule has 4 N–H and O–H groups in total. The third-order valence-corrected chi connectivity index (χ3v) is 6.00. The maximum Gasteiger partial charge on any atom is 0.475 e. The minimum absolute atomic E-state index is 0.418. The molecule has 0 saturated carbocycles. The van der Waals surface area contributed by atoms with Gasteiger partial charge in [-0.15, -0.1) is 0 Å². The van der Waals surface area contributed by atoms with Crippen molar-refractivity contribution in [2.24, 2.45) is 5.73 Å². The summed E-state index contributed by atoms with van der Waals surface area (Å²) in [4.78, 5) is 12.7. The Bertz CT molecular complexity index is 660. The average molecular weight is 395 g/mol. The number of alkyl halides is 1. The van der Waals surface area contributed by atoms with Crippen molar-refractivity contribution < 1.29 is 37.2 Å². The highest BCUT2D eigenvalue weighted by Crippen LogP contribution is 2.61. The predicted molar refractivity (Wildman–Crippen MR) is 86.0 cm³/mol. The van der Waals surface area contributed by atoms with E-state index in [9.17, 15) is 18.9 Å². The van der Waals surface area contributed by atoms with Gasteiger partial charge >= 0.3 is 7.82 Å². The molecule has 0 aromatic carbocycles. The van der Waals surface area contributed by atoms with E-state index < -0.39 is 62.9 Å². The third-order valence-electron chi connectivity index (χ3n) is 4.40. The van der Waals surface area contributed by atoms with E-state index in [4.69, 9.17) is 24.0 Å². The highest BCUT2D eigenvalue weighted by atomic mass is 31.2. The number of fused-ring (bicyclic) bond motifs is 1. The van der Waals surface area contributed by atoms with Crippen LogP contribution in [-0.4, -0.2) is 65.1 Å². The lowest BCUT2D eigenvalue weighted by Gasteiger charge is -2.41. The maximum absolute atomic E-state index is 13.9. The van der Waals surface area contributed by atoms with Crippen LogP contribution >= 0.6 is 7.82 Å². The molecule has 0 aromatic heterocycles. The van der Waals surface area contributed by atoms with Crippen molar-refractivity contribution >= 4 is 13.7 Å². The van der Waals surface area contributed by atoms with Gasteiger partial charge in [-0.25, -0.2) is 8.96 Å². The second-order valence-corrected chi connectivity index (χ2v) is 8.55. The lowest BCUT2D eigenvalue weighted by atomic mass is 9.88. The summed E-state index contributed by atoms with van der Waals surface area (Å²) in [6.45, 7) is 3.11. The van der Waals surface area contributed by atoms with Gasteiger partial charge in [-0.2, -0.15) is 0 Å². The number of amides is 1. The van der Waals surface area contributed by atoms with Crippen molar-refractivity contribution in [3.63, 3.8) is 0 Å². The van der Waals surface area contributed by atoms with Crippen LogP contribution in [0, 0.1) is 0 Å². The molecule has 12 heteroatoms. The summed E-state index contributed by atoms with van der Waals surface area (Å²) in [6.07, 6.45) is -1.50. The minimum Gasteiger partial charge on any atom is -0.383 e. The van der Waals surface area contributed by atoms with E-state index in [1.165, 1.54) is 24.1 Å². The van der Waals surface area contributed by atoms with Gasteiger partial charge in [-0.1, -0.05) is 0 Å². The molecular weight excluding hydrogens is 372 g/mol. The molecule has 2 fully saturated rings. The summed E-state index contributed by atoms with van der Waals surface area (Å²) >= 11 is 0. The molecule has 6 atom stereocenters.